The molecule has 1 saturated heterocycles. The van der Waals surface area contributed by atoms with Crippen LogP contribution in [0, 0.1) is 17.0 Å². The summed E-state index contributed by atoms with van der Waals surface area (Å²) in [5.41, 5.74) is 7.04. The maximum absolute atomic E-state index is 12.6. The Labute approximate surface area is 151 Å². The minimum atomic E-state index is -0.655. The van der Waals surface area contributed by atoms with E-state index in [1.165, 1.54) is 0 Å². The van der Waals surface area contributed by atoms with Gasteiger partial charge in [0.25, 0.3) is 0 Å². The molecule has 0 spiro atoms. The van der Waals surface area contributed by atoms with Crippen LogP contribution in [0.1, 0.15) is 12.0 Å². The number of halogens is 1. The summed E-state index contributed by atoms with van der Waals surface area (Å²) in [7, 11) is 0. The summed E-state index contributed by atoms with van der Waals surface area (Å²) in [5.74, 6) is -0.258. The largest absolute Gasteiger partial charge is 0.378 e. The molecular formula is C15H15BrN6O3. The van der Waals surface area contributed by atoms with Crippen molar-refractivity contribution in [3.8, 4) is 0 Å². The van der Waals surface area contributed by atoms with Gasteiger partial charge in [-0.2, -0.15) is 4.98 Å². The van der Waals surface area contributed by atoms with Gasteiger partial charge in [0.2, 0.25) is 17.7 Å². The second-order valence-electron chi connectivity index (χ2n) is 5.63. The first-order valence-electron chi connectivity index (χ1n) is 7.48. The fourth-order valence-corrected chi connectivity index (χ4v) is 2.87. The van der Waals surface area contributed by atoms with Crippen LogP contribution in [0.3, 0.4) is 0 Å². The minimum absolute atomic E-state index is 0.0929. The van der Waals surface area contributed by atoms with E-state index in [0.29, 0.717) is 13.0 Å². The van der Waals surface area contributed by atoms with Crippen molar-refractivity contribution >= 4 is 45.0 Å². The number of nitro groups is 1. The lowest BCUT2D eigenvalue weighted by molar-refractivity contribution is -0.384. The topological polar surface area (TPSA) is 127 Å². The van der Waals surface area contributed by atoms with Crippen molar-refractivity contribution in [2.75, 3.05) is 22.5 Å². The quantitative estimate of drug-likeness (QED) is 0.588. The molecule has 25 heavy (non-hydrogen) atoms. The Kier molecular flexibility index (Phi) is 4.53. The number of hydrogen-bond donors (Lipinski definition) is 2. The van der Waals surface area contributed by atoms with Crippen LogP contribution < -0.4 is 16.0 Å². The van der Waals surface area contributed by atoms with Gasteiger partial charge in [0.1, 0.15) is 12.2 Å². The molecule has 0 saturated carbocycles. The van der Waals surface area contributed by atoms with E-state index in [9.17, 15) is 14.9 Å². The molecular weight excluding hydrogens is 392 g/mol. The Bertz CT molecular complexity index is 859. The lowest BCUT2D eigenvalue weighted by Crippen LogP contribution is -2.34. The van der Waals surface area contributed by atoms with E-state index >= 15 is 0 Å². The molecule has 3 N–H and O–H groups in total. The Morgan fingerprint density at radius 1 is 1.48 bits per heavy atom. The van der Waals surface area contributed by atoms with Gasteiger partial charge in [-0.05, 0) is 37.1 Å². The lowest BCUT2D eigenvalue weighted by atomic mass is 10.2. The molecule has 1 aromatic heterocycles. The molecule has 1 fully saturated rings. The number of amides is 1. The van der Waals surface area contributed by atoms with Crippen molar-refractivity contribution < 1.29 is 9.72 Å². The zero-order valence-electron chi connectivity index (χ0n) is 13.3. The summed E-state index contributed by atoms with van der Waals surface area (Å²) >= 11 is 3.44. The molecule has 1 amide bonds. The third-order valence-corrected chi connectivity index (χ3v) is 4.85. The first-order chi connectivity index (χ1) is 11.9. The molecule has 0 aliphatic carbocycles. The van der Waals surface area contributed by atoms with Crippen molar-refractivity contribution in [1.82, 2.24) is 9.97 Å². The van der Waals surface area contributed by atoms with Crippen molar-refractivity contribution in [3.05, 3.63) is 44.5 Å². The molecule has 0 bridgehead atoms. The summed E-state index contributed by atoms with van der Waals surface area (Å²) < 4.78 is 0.979. The normalized spacial score (nSPS) is 17.0. The Hall–Kier alpha value is -2.75. The molecule has 1 atom stereocenters. The number of carbonyl (C=O) groups excluding carboxylic acids is 1. The maximum Gasteiger partial charge on any atom is 0.329 e. The molecule has 1 unspecified atom stereocenters. The zero-order valence-corrected chi connectivity index (χ0v) is 14.9. The number of nitrogens with two attached hydrogens (primary N) is 1. The number of nitrogens with zero attached hydrogens (tertiary/aromatic N) is 4. The molecule has 3 rings (SSSR count). The standard InChI is InChI=1S/C15H15BrN6O3/c1-8-6-9(2-3-10(8)16)21-5-4-11(14(21)23)19-15-18-7-12(22(24)25)13(17)20-15/h2-3,6-7,11H,4-5H2,1H3,(H3,17,18,19,20). The summed E-state index contributed by atoms with van der Waals surface area (Å²) in [6.45, 7) is 2.51. The van der Waals surface area contributed by atoms with Gasteiger partial charge in [0.05, 0.1) is 4.92 Å². The van der Waals surface area contributed by atoms with E-state index in [4.69, 9.17) is 5.73 Å². The maximum atomic E-state index is 12.6. The molecule has 9 nitrogen and oxygen atoms in total. The molecule has 1 aliphatic heterocycles. The summed E-state index contributed by atoms with van der Waals surface area (Å²) in [6, 6.07) is 5.20. The second-order valence-corrected chi connectivity index (χ2v) is 6.48. The van der Waals surface area contributed by atoms with Crippen LogP contribution in [0.25, 0.3) is 0 Å². The van der Waals surface area contributed by atoms with Crippen molar-refractivity contribution in [1.29, 1.82) is 0 Å². The van der Waals surface area contributed by atoms with E-state index in [1.54, 1.807) is 4.90 Å². The number of hydrogen-bond acceptors (Lipinski definition) is 7. The van der Waals surface area contributed by atoms with Crippen LogP contribution in [0.2, 0.25) is 0 Å². The first kappa shape index (κ1) is 17.1. The minimum Gasteiger partial charge on any atom is -0.378 e. The average molecular weight is 407 g/mol. The van der Waals surface area contributed by atoms with E-state index in [0.717, 1.165) is 21.9 Å². The SMILES string of the molecule is Cc1cc(N2CCC(Nc3ncc([N+](=O)[O-])c(N)n3)C2=O)ccc1Br. The van der Waals surface area contributed by atoms with Crippen LogP contribution in [0.15, 0.2) is 28.9 Å². The van der Waals surface area contributed by atoms with Crippen LogP contribution >= 0.6 is 15.9 Å². The molecule has 2 heterocycles. The number of anilines is 3. The van der Waals surface area contributed by atoms with Crippen LogP contribution in [-0.2, 0) is 4.79 Å². The third-order valence-electron chi connectivity index (χ3n) is 3.96. The first-order valence-corrected chi connectivity index (χ1v) is 8.27. The van der Waals surface area contributed by atoms with Gasteiger partial charge in [-0.3, -0.25) is 14.9 Å². The van der Waals surface area contributed by atoms with Gasteiger partial charge in [-0.25, -0.2) is 4.98 Å². The third kappa shape index (κ3) is 3.38. The number of aryl methyl sites for hydroxylation is 1. The van der Waals surface area contributed by atoms with E-state index in [1.807, 2.05) is 25.1 Å². The molecule has 1 aliphatic rings. The van der Waals surface area contributed by atoms with Gasteiger partial charge >= 0.3 is 5.69 Å². The summed E-state index contributed by atoms with van der Waals surface area (Å²) in [6.07, 6.45) is 1.59. The average Bonchev–Trinajstić information content (AvgIpc) is 2.91. The fourth-order valence-electron chi connectivity index (χ4n) is 2.62. The molecule has 130 valence electrons. The number of rotatable bonds is 4. The van der Waals surface area contributed by atoms with E-state index in [-0.39, 0.29) is 23.4 Å². The van der Waals surface area contributed by atoms with Gasteiger partial charge < -0.3 is 16.0 Å². The zero-order chi connectivity index (χ0) is 18.1. The van der Waals surface area contributed by atoms with Gasteiger partial charge in [0, 0.05) is 16.7 Å². The molecule has 0 radical (unpaired) electrons. The smallest absolute Gasteiger partial charge is 0.329 e. The van der Waals surface area contributed by atoms with Gasteiger partial charge in [-0.15, -0.1) is 0 Å². The van der Waals surface area contributed by atoms with Crippen LogP contribution in [-0.4, -0.2) is 33.4 Å². The molecule has 1 aromatic carbocycles. The van der Waals surface area contributed by atoms with Crippen LogP contribution in [0.4, 0.5) is 23.1 Å². The second kappa shape index (κ2) is 6.63. The van der Waals surface area contributed by atoms with E-state index in [2.05, 4.69) is 31.2 Å². The molecule has 10 heteroatoms. The predicted molar refractivity (Wildman–Crippen MR) is 96.4 cm³/mol. The van der Waals surface area contributed by atoms with Gasteiger partial charge in [-0.1, -0.05) is 15.9 Å². The number of aromatic nitrogens is 2. The summed E-state index contributed by atoms with van der Waals surface area (Å²) in [5, 5.41) is 13.6. The number of nitrogens with one attached hydrogen (secondary N) is 1. The Balaban J connectivity index is 1.75. The highest BCUT2D eigenvalue weighted by molar-refractivity contribution is 9.10. The van der Waals surface area contributed by atoms with Crippen molar-refractivity contribution in [2.45, 2.75) is 19.4 Å². The number of benzene rings is 1. The Morgan fingerprint density at radius 3 is 2.88 bits per heavy atom. The number of nitrogen functional groups attached to an aromatic ring is 1. The van der Waals surface area contributed by atoms with Crippen LogP contribution in [0.5, 0.6) is 0 Å². The predicted octanol–water partition coefficient (Wildman–Crippen LogP) is 2.26. The highest BCUT2D eigenvalue weighted by Gasteiger charge is 2.33. The van der Waals surface area contributed by atoms with Gasteiger partial charge in [0.15, 0.2) is 0 Å². The molecule has 2 aromatic rings. The summed E-state index contributed by atoms with van der Waals surface area (Å²) in [4.78, 5) is 32.1. The Morgan fingerprint density at radius 2 is 2.24 bits per heavy atom. The fraction of sp³-hybridized carbons (Fsp3) is 0.267. The van der Waals surface area contributed by atoms with Crippen molar-refractivity contribution in [2.24, 2.45) is 0 Å². The lowest BCUT2D eigenvalue weighted by Gasteiger charge is -2.18. The monoisotopic (exact) mass is 406 g/mol. The number of carbonyl (C=O) groups is 1. The highest BCUT2D eigenvalue weighted by Crippen LogP contribution is 2.27. The van der Waals surface area contributed by atoms with E-state index < -0.39 is 11.0 Å². The van der Waals surface area contributed by atoms with Crippen molar-refractivity contribution in [3.63, 3.8) is 0 Å². The highest BCUT2D eigenvalue weighted by atomic mass is 79.9.